The second kappa shape index (κ2) is 4.88. The van der Waals surface area contributed by atoms with Crippen LogP contribution in [-0.4, -0.2) is 21.0 Å². The minimum absolute atomic E-state index is 0.0327. The predicted octanol–water partition coefficient (Wildman–Crippen LogP) is 2.43. The topological polar surface area (TPSA) is 106 Å². The number of rotatable bonds is 4. The molecule has 0 saturated carbocycles. The van der Waals surface area contributed by atoms with E-state index in [4.69, 9.17) is 9.52 Å². The van der Waals surface area contributed by atoms with Crippen LogP contribution >= 0.6 is 11.8 Å². The fourth-order valence-electron chi connectivity index (χ4n) is 1.23. The Morgan fingerprint density at radius 2 is 2.28 bits per heavy atom. The lowest BCUT2D eigenvalue weighted by molar-refractivity contribution is -0.387. The summed E-state index contributed by atoms with van der Waals surface area (Å²) < 4.78 is 4.95. The van der Waals surface area contributed by atoms with Crippen LogP contribution in [0.3, 0.4) is 0 Å². The third kappa shape index (κ3) is 2.48. The number of aromatic nitrogens is 1. The number of carboxylic acids is 1. The molecule has 0 saturated heterocycles. The molecule has 1 aromatic carbocycles. The smallest absolute Gasteiger partial charge is 0.335 e. The van der Waals surface area contributed by atoms with Crippen molar-refractivity contribution in [2.24, 2.45) is 0 Å². The molecule has 1 aromatic heterocycles. The fourth-order valence-corrected chi connectivity index (χ4v) is 2.07. The van der Waals surface area contributed by atoms with Crippen LogP contribution in [-0.2, 0) is 0 Å². The maximum atomic E-state index is 10.8. The van der Waals surface area contributed by atoms with Gasteiger partial charge in [0.25, 0.3) is 10.9 Å². The standard InChI is InChI=1S/C10H6N2O5S/c13-9(14)6-1-2-7(12(15)16)8(5-6)18-10-11-3-4-17-10/h1-5H,(H,13,14). The first kappa shape index (κ1) is 12.1. The van der Waals surface area contributed by atoms with E-state index in [0.717, 1.165) is 17.8 Å². The number of hydrogen-bond acceptors (Lipinski definition) is 6. The van der Waals surface area contributed by atoms with Crippen molar-refractivity contribution in [3.63, 3.8) is 0 Å². The Morgan fingerprint density at radius 1 is 1.50 bits per heavy atom. The van der Waals surface area contributed by atoms with Crippen LogP contribution in [0.2, 0.25) is 0 Å². The first-order valence-corrected chi connectivity index (χ1v) is 5.48. The third-order valence-electron chi connectivity index (χ3n) is 2.01. The van der Waals surface area contributed by atoms with E-state index in [1.54, 1.807) is 0 Å². The Hall–Kier alpha value is -2.35. The summed E-state index contributed by atoms with van der Waals surface area (Å²) in [5, 5.41) is 19.9. The van der Waals surface area contributed by atoms with Gasteiger partial charge in [-0.1, -0.05) is 0 Å². The number of benzene rings is 1. The molecule has 0 fully saturated rings. The van der Waals surface area contributed by atoms with Gasteiger partial charge in [-0.25, -0.2) is 9.78 Å². The molecular weight excluding hydrogens is 260 g/mol. The molecule has 2 rings (SSSR count). The van der Waals surface area contributed by atoms with Crippen molar-refractivity contribution >= 4 is 23.4 Å². The van der Waals surface area contributed by atoms with E-state index in [-0.39, 0.29) is 21.4 Å². The SMILES string of the molecule is O=C(O)c1ccc([N+](=O)[O-])c(Sc2ncco2)c1. The summed E-state index contributed by atoms with van der Waals surface area (Å²) in [5.41, 5.74) is -0.224. The Bertz CT molecular complexity index is 596. The van der Waals surface area contributed by atoms with Crippen LogP contribution in [0.1, 0.15) is 10.4 Å². The first-order chi connectivity index (χ1) is 8.58. The van der Waals surface area contributed by atoms with Crippen LogP contribution in [0, 0.1) is 10.1 Å². The van der Waals surface area contributed by atoms with Gasteiger partial charge in [-0.2, -0.15) is 0 Å². The number of hydrogen-bond donors (Lipinski definition) is 1. The molecule has 0 aliphatic rings. The average molecular weight is 266 g/mol. The van der Waals surface area contributed by atoms with Gasteiger partial charge in [-0.3, -0.25) is 10.1 Å². The molecule has 0 aliphatic heterocycles. The van der Waals surface area contributed by atoms with Crippen molar-refractivity contribution in [1.82, 2.24) is 4.98 Å². The lowest BCUT2D eigenvalue weighted by atomic mass is 10.2. The molecule has 0 amide bonds. The molecule has 0 radical (unpaired) electrons. The molecule has 92 valence electrons. The Balaban J connectivity index is 2.43. The third-order valence-corrected chi connectivity index (χ3v) is 2.93. The van der Waals surface area contributed by atoms with Crippen molar-refractivity contribution in [3.05, 3.63) is 46.3 Å². The van der Waals surface area contributed by atoms with E-state index in [0.29, 0.717) is 0 Å². The molecule has 18 heavy (non-hydrogen) atoms. The molecule has 8 heteroatoms. The lowest BCUT2D eigenvalue weighted by Gasteiger charge is -2.01. The summed E-state index contributed by atoms with van der Waals surface area (Å²) in [5.74, 6) is -1.15. The van der Waals surface area contributed by atoms with E-state index in [2.05, 4.69) is 4.98 Å². The monoisotopic (exact) mass is 266 g/mol. The number of nitro benzene ring substituents is 1. The molecule has 0 bridgehead atoms. The minimum Gasteiger partial charge on any atom is -0.478 e. The van der Waals surface area contributed by atoms with Crippen molar-refractivity contribution in [3.8, 4) is 0 Å². The highest BCUT2D eigenvalue weighted by Crippen LogP contribution is 2.34. The van der Waals surface area contributed by atoms with E-state index >= 15 is 0 Å². The van der Waals surface area contributed by atoms with Crippen LogP contribution in [0.4, 0.5) is 5.69 Å². The van der Waals surface area contributed by atoms with Crippen molar-refractivity contribution in [1.29, 1.82) is 0 Å². The molecule has 0 atom stereocenters. The van der Waals surface area contributed by atoms with Crippen molar-refractivity contribution in [2.75, 3.05) is 0 Å². The van der Waals surface area contributed by atoms with E-state index in [9.17, 15) is 14.9 Å². The first-order valence-electron chi connectivity index (χ1n) is 4.67. The summed E-state index contributed by atoms with van der Waals surface area (Å²) in [6.45, 7) is 0. The number of oxazole rings is 1. The summed E-state index contributed by atoms with van der Waals surface area (Å²) in [6, 6.07) is 3.55. The predicted molar refractivity (Wildman–Crippen MR) is 60.7 cm³/mol. The highest BCUT2D eigenvalue weighted by molar-refractivity contribution is 7.99. The molecular formula is C10H6N2O5S. The zero-order valence-corrected chi connectivity index (χ0v) is 9.59. The summed E-state index contributed by atoms with van der Waals surface area (Å²) in [4.78, 5) is 25.0. The Morgan fingerprint density at radius 3 is 2.83 bits per heavy atom. The normalized spacial score (nSPS) is 10.2. The van der Waals surface area contributed by atoms with Gasteiger partial charge < -0.3 is 9.52 Å². The highest BCUT2D eigenvalue weighted by Gasteiger charge is 2.18. The van der Waals surface area contributed by atoms with E-state index in [1.165, 1.54) is 24.6 Å². The summed E-state index contributed by atoms with van der Waals surface area (Å²) >= 11 is 0.898. The number of aromatic carboxylic acids is 1. The highest BCUT2D eigenvalue weighted by atomic mass is 32.2. The van der Waals surface area contributed by atoms with Crippen LogP contribution in [0.15, 0.2) is 45.2 Å². The maximum Gasteiger partial charge on any atom is 0.335 e. The molecule has 0 aliphatic carbocycles. The van der Waals surface area contributed by atoms with Crippen LogP contribution < -0.4 is 0 Å². The van der Waals surface area contributed by atoms with Gasteiger partial charge in [0.15, 0.2) is 0 Å². The molecule has 1 heterocycles. The lowest BCUT2D eigenvalue weighted by Crippen LogP contribution is -1.98. The van der Waals surface area contributed by atoms with Crippen LogP contribution in [0.5, 0.6) is 0 Å². The summed E-state index contributed by atoms with van der Waals surface area (Å²) in [6.07, 6.45) is 2.73. The van der Waals surface area contributed by atoms with Crippen LogP contribution in [0.25, 0.3) is 0 Å². The van der Waals surface area contributed by atoms with E-state index in [1.807, 2.05) is 0 Å². The largest absolute Gasteiger partial charge is 0.478 e. The number of carbonyl (C=O) groups is 1. The fraction of sp³-hybridized carbons (Fsp3) is 0. The molecule has 0 unspecified atom stereocenters. The van der Waals surface area contributed by atoms with Crippen molar-refractivity contribution in [2.45, 2.75) is 10.1 Å². The van der Waals surface area contributed by atoms with Gasteiger partial charge in [0.2, 0.25) is 0 Å². The van der Waals surface area contributed by atoms with Gasteiger partial charge in [0.1, 0.15) is 6.26 Å². The molecule has 1 N–H and O–H groups in total. The second-order valence-electron chi connectivity index (χ2n) is 3.14. The zero-order chi connectivity index (χ0) is 13.1. The average Bonchev–Trinajstić information content (AvgIpc) is 2.81. The molecule has 2 aromatic rings. The zero-order valence-electron chi connectivity index (χ0n) is 8.77. The Labute approximate surface area is 105 Å². The maximum absolute atomic E-state index is 10.8. The minimum atomic E-state index is -1.15. The van der Waals surface area contributed by atoms with E-state index < -0.39 is 10.9 Å². The summed E-state index contributed by atoms with van der Waals surface area (Å²) in [7, 11) is 0. The van der Waals surface area contributed by atoms with Crippen molar-refractivity contribution < 1.29 is 19.2 Å². The second-order valence-corrected chi connectivity index (χ2v) is 4.14. The molecule has 7 nitrogen and oxygen atoms in total. The van der Waals surface area contributed by atoms with Gasteiger partial charge in [0.05, 0.1) is 21.6 Å². The number of carboxylic acid groups (broad SMARTS) is 1. The Kier molecular flexibility index (Phi) is 3.28. The van der Waals surface area contributed by atoms with Gasteiger partial charge >= 0.3 is 5.97 Å². The number of nitrogens with zero attached hydrogens (tertiary/aromatic N) is 2. The van der Waals surface area contributed by atoms with Gasteiger partial charge in [-0.05, 0) is 23.9 Å². The van der Waals surface area contributed by atoms with Gasteiger partial charge in [0, 0.05) is 6.07 Å². The molecule has 0 spiro atoms. The number of nitro groups is 1. The quantitative estimate of drug-likeness (QED) is 0.668. The van der Waals surface area contributed by atoms with Gasteiger partial charge in [-0.15, -0.1) is 0 Å².